The van der Waals surface area contributed by atoms with E-state index in [-0.39, 0.29) is 0 Å². The van der Waals surface area contributed by atoms with Gasteiger partial charge in [-0.05, 0) is 43.9 Å². The largest absolute Gasteiger partial charge is 0.296 e. The van der Waals surface area contributed by atoms with Crippen molar-refractivity contribution in [3.63, 3.8) is 0 Å². The maximum atomic E-state index is 5.78. The van der Waals surface area contributed by atoms with E-state index in [0.29, 0.717) is 11.2 Å². The van der Waals surface area contributed by atoms with Crippen molar-refractivity contribution in [2.45, 2.75) is 39.3 Å². The van der Waals surface area contributed by atoms with E-state index in [9.17, 15) is 0 Å². The van der Waals surface area contributed by atoms with Crippen LogP contribution in [0.4, 0.5) is 0 Å². The van der Waals surface area contributed by atoms with Crippen LogP contribution in [0.2, 0.25) is 5.15 Å². The van der Waals surface area contributed by atoms with Crippen LogP contribution in [0, 0.1) is 5.92 Å². The molecule has 0 radical (unpaired) electrons. The summed E-state index contributed by atoms with van der Waals surface area (Å²) in [5, 5.41) is 0.573. The average molecular weight is 239 g/mol. The lowest BCUT2D eigenvalue weighted by atomic mass is 9.93. The molecule has 1 fully saturated rings. The van der Waals surface area contributed by atoms with Crippen molar-refractivity contribution in [3.05, 3.63) is 29.0 Å². The van der Waals surface area contributed by atoms with E-state index in [2.05, 4.69) is 29.8 Å². The predicted molar refractivity (Wildman–Crippen MR) is 67.5 cm³/mol. The summed E-state index contributed by atoms with van der Waals surface area (Å²) in [6.45, 7) is 6.86. The van der Waals surface area contributed by atoms with Crippen molar-refractivity contribution in [3.8, 4) is 0 Å². The summed E-state index contributed by atoms with van der Waals surface area (Å²) in [7, 11) is 0. The summed E-state index contributed by atoms with van der Waals surface area (Å²) < 4.78 is 0. The van der Waals surface area contributed by atoms with Gasteiger partial charge in [-0.2, -0.15) is 0 Å². The fourth-order valence-corrected chi connectivity index (χ4v) is 2.54. The highest BCUT2D eigenvalue weighted by Crippen LogP contribution is 2.23. The zero-order chi connectivity index (χ0) is 11.5. The normalized spacial score (nSPS) is 26.9. The standard InChI is InChI=1S/C13H19ClN2/c1-10-5-6-16(11(2)7-10)9-12-3-4-13(14)15-8-12/h3-4,8,10-11H,5-7,9H2,1-2H3. The highest BCUT2D eigenvalue weighted by molar-refractivity contribution is 6.29. The summed E-state index contributed by atoms with van der Waals surface area (Å²) in [6.07, 6.45) is 4.50. The third kappa shape index (κ3) is 2.96. The molecule has 0 aromatic carbocycles. The van der Waals surface area contributed by atoms with Crippen LogP contribution < -0.4 is 0 Å². The summed E-state index contributed by atoms with van der Waals surface area (Å²) >= 11 is 5.78. The number of pyridine rings is 1. The lowest BCUT2D eigenvalue weighted by Gasteiger charge is -2.36. The Balaban J connectivity index is 1.96. The Morgan fingerprint density at radius 3 is 2.88 bits per heavy atom. The Bertz CT molecular complexity index is 336. The summed E-state index contributed by atoms with van der Waals surface area (Å²) in [5.41, 5.74) is 1.26. The minimum absolute atomic E-state index is 0.573. The van der Waals surface area contributed by atoms with Gasteiger partial charge in [-0.1, -0.05) is 24.6 Å². The van der Waals surface area contributed by atoms with Crippen LogP contribution in [0.5, 0.6) is 0 Å². The van der Waals surface area contributed by atoms with Crippen molar-refractivity contribution in [2.24, 2.45) is 5.92 Å². The van der Waals surface area contributed by atoms with Crippen molar-refractivity contribution >= 4 is 11.6 Å². The first-order valence-corrected chi connectivity index (χ1v) is 6.37. The van der Waals surface area contributed by atoms with Crippen LogP contribution in [0.3, 0.4) is 0 Å². The van der Waals surface area contributed by atoms with Gasteiger partial charge in [0.25, 0.3) is 0 Å². The van der Waals surface area contributed by atoms with E-state index in [1.54, 1.807) is 0 Å². The highest BCUT2D eigenvalue weighted by atomic mass is 35.5. The Kier molecular flexibility index (Phi) is 3.82. The summed E-state index contributed by atoms with van der Waals surface area (Å²) in [6, 6.07) is 4.62. The topological polar surface area (TPSA) is 16.1 Å². The van der Waals surface area contributed by atoms with E-state index >= 15 is 0 Å². The Morgan fingerprint density at radius 2 is 2.25 bits per heavy atom. The molecule has 16 heavy (non-hydrogen) atoms. The molecule has 0 bridgehead atoms. The molecule has 2 nitrogen and oxygen atoms in total. The molecule has 1 aromatic heterocycles. The Hall–Kier alpha value is -0.600. The molecule has 0 amide bonds. The first-order valence-electron chi connectivity index (χ1n) is 5.99. The van der Waals surface area contributed by atoms with Crippen LogP contribution in [0.15, 0.2) is 18.3 Å². The molecule has 2 heterocycles. The Labute approximate surface area is 103 Å². The van der Waals surface area contributed by atoms with Gasteiger partial charge in [0.2, 0.25) is 0 Å². The molecule has 1 aliphatic rings. The van der Waals surface area contributed by atoms with Gasteiger partial charge in [-0.3, -0.25) is 4.90 Å². The number of aromatic nitrogens is 1. The SMILES string of the molecule is CC1CCN(Cc2ccc(Cl)nc2)C(C)C1. The lowest BCUT2D eigenvalue weighted by molar-refractivity contribution is 0.122. The van der Waals surface area contributed by atoms with E-state index in [4.69, 9.17) is 11.6 Å². The van der Waals surface area contributed by atoms with E-state index < -0.39 is 0 Å². The first kappa shape index (κ1) is 11.9. The molecule has 2 unspecified atom stereocenters. The molecule has 1 saturated heterocycles. The smallest absolute Gasteiger partial charge is 0.129 e. The second kappa shape index (κ2) is 5.15. The van der Waals surface area contributed by atoms with Crippen molar-refractivity contribution in [1.29, 1.82) is 0 Å². The molecule has 0 aliphatic carbocycles. The van der Waals surface area contributed by atoms with Gasteiger partial charge < -0.3 is 0 Å². The molecule has 88 valence electrons. The molecular weight excluding hydrogens is 220 g/mol. The van der Waals surface area contributed by atoms with Crippen molar-refractivity contribution < 1.29 is 0 Å². The molecule has 0 spiro atoms. The first-order chi connectivity index (χ1) is 7.65. The van der Waals surface area contributed by atoms with Crippen LogP contribution in [0.25, 0.3) is 0 Å². The second-order valence-electron chi connectivity index (χ2n) is 4.94. The van der Waals surface area contributed by atoms with E-state index in [1.165, 1.54) is 24.9 Å². The third-order valence-electron chi connectivity index (χ3n) is 3.45. The average Bonchev–Trinajstić information content (AvgIpc) is 2.25. The predicted octanol–water partition coefficient (Wildman–Crippen LogP) is 3.36. The minimum Gasteiger partial charge on any atom is -0.296 e. The van der Waals surface area contributed by atoms with Crippen LogP contribution in [-0.2, 0) is 6.54 Å². The molecule has 0 N–H and O–H groups in total. The molecule has 3 heteroatoms. The van der Waals surface area contributed by atoms with Crippen molar-refractivity contribution in [2.75, 3.05) is 6.54 Å². The van der Waals surface area contributed by atoms with Gasteiger partial charge in [-0.15, -0.1) is 0 Å². The van der Waals surface area contributed by atoms with Crippen LogP contribution >= 0.6 is 11.6 Å². The fraction of sp³-hybridized carbons (Fsp3) is 0.615. The van der Waals surface area contributed by atoms with Gasteiger partial charge in [0, 0.05) is 18.8 Å². The van der Waals surface area contributed by atoms with Gasteiger partial charge in [0.15, 0.2) is 0 Å². The molecule has 0 saturated carbocycles. The third-order valence-corrected chi connectivity index (χ3v) is 3.67. The number of rotatable bonds is 2. The molecule has 1 aliphatic heterocycles. The maximum absolute atomic E-state index is 5.78. The molecule has 2 rings (SSSR count). The zero-order valence-electron chi connectivity index (χ0n) is 9.99. The van der Waals surface area contributed by atoms with E-state index in [0.717, 1.165) is 12.5 Å². The lowest BCUT2D eigenvalue weighted by Crippen LogP contribution is -2.39. The maximum Gasteiger partial charge on any atom is 0.129 e. The van der Waals surface area contributed by atoms with Gasteiger partial charge in [0.1, 0.15) is 5.15 Å². The molecule has 2 atom stereocenters. The van der Waals surface area contributed by atoms with Gasteiger partial charge in [0.05, 0.1) is 0 Å². The minimum atomic E-state index is 0.573. The Morgan fingerprint density at radius 1 is 1.44 bits per heavy atom. The quantitative estimate of drug-likeness (QED) is 0.735. The monoisotopic (exact) mass is 238 g/mol. The van der Waals surface area contributed by atoms with Crippen molar-refractivity contribution in [1.82, 2.24) is 9.88 Å². The van der Waals surface area contributed by atoms with Gasteiger partial charge >= 0.3 is 0 Å². The molecular formula is C13H19ClN2. The molecule has 1 aromatic rings. The number of piperidine rings is 1. The number of nitrogens with zero attached hydrogens (tertiary/aromatic N) is 2. The highest BCUT2D eigenvalue weighted by Gasteiger charge is 2.22. The second-order valence-corrected chi connectivity index (χ2v) is 5.33. The fourth-order valence-electron chi connectivity index (χ4n) is 2.43. The van der Waals surface area contributed by atoms with Crippen LogP contribution in [-0.4, -0.2) is 22.5 Å². The number of hydrogen-bond acceptors (Lipinski definition) is 2. The number of hydrogen-bond donors (Lipinski definition) is 0. The van der Waals surface area contributed by atoms with Crippen LogP contribution in [0.1, 0.15) is 32.3 Å². The summed E-state index contributed by atoms with van der Waals surface area (Å²) in [5.74, 6) is 0.870. The zero-order valence-corrected chi connectivity index (χ0v) is 10.7. The van der Waals surface area contributed by atoms with Gasteiger partial charge in [-0.25, -0.2) is 4.98 Å². The number of halogens is 1. The van der Waals surface area contributed by atoms with E-state index in [1.807, 2.05) is 12.3 Å². The summed E-state index contributed by atoms with van der Waals surface area (Å²) in [4.78, 5) is 6.66. The number of likely N-dealkylation sites (tertiary alicyclic amines) is 1.